The minimum absolute atomic E-state index is 0.124. The van der Waals surface area contributed by atoms with Crippen LogP contribution in [0.3, 0.4) is 0 Å². The number of ether oxygens (including phenoxy) is 2. The van der Waals surface area contributed by atoms with Crippen molar-refractivity contribution >= 4 is 0 Å². The van der Waals surface area contributed by atoms with Crippen molar-refractivity contribution in [2.75, 3.05) is 19.8 Å². The molecule has 0 aliphatic rings. The van der Waals surface area contributed by atoms with E-state index in [0.29, 0.717) is 13.2 Å². The summed E-state index contributed by atoms with van der Waals surface area (Å²) in [6.45, 7) is 9.07. The van der Waals surface area contributed by atoms with Crippen LogP contribution in [0.15, 0.2) is 61.2 Å². The van der Waals surface area contributed by atoms with Crippen molar-refractivity contribution in [2.45, 2.75) is 32.4 Å². The Balaban J connectivity index is 1.68. The molecule has 0 saturated carbocycles. The lowest BCUT2D eigenvalue weighted by molar-refractivity contribution is 0.101. The highest BCUT2D eigenvalue weighted by molar-refractivity contribution is 5.34. The van der Waals surface area contributed by atoms with Crippen LogP contribution in [0.2, 0.25) is 0 Å². The molecular weight excluding hydrogens is 326 g/mol. The van der Waals surface area contributed by atoms with E-state index < -0.39 is 6.10 Å². The quantitative estimate of drug-likeness (QED) is 0.606. The van der Waals surface area contributed by atoms with Crippen LogP contribution >= 0.6 is 0 Å². The topological polar surface area (TPSA) is 50.7 Å². The smallest absolute Gasteiger partial charge is 0.122 e. The molecule has 0 radical (unpaired) electrons. The number of rotatable bonds is 11. The van der Waals surface area contributed by atoms with E-state index in [9.17, 15) is 5.11 Å². The predicted octanol–water partition coefficient (Wildman–Crippen LogP) is 3.52. The number of hydrogen-bond donors (Lipinski definition) is 2. The Kier molecular flexibility index (Phi) is 8.19. The minimum atomic E-state index is -0.589. The summed E-state index contributed by atoms with van der Waals surface area (Å²) in [5.41, 5.74) is 2.28. The summed E-state index contributed by atoms with van der Waals surface area (Å²) >= 11 is 0. The van der Waals surface area contributed by atoms with Gasteiger partial charge in [0.2, 0.25) is 0 Å². The molecule has 4 heteroatoms. The van der Waals surface area contributed by atoms with Crippen LogP contribution < -0.4 is 14.8 Å². The molecule has 2 rings (SSSR count). The summed E-state index contributed by atoms with van der Waals surface area (Å²) in [5.74, 6) is 1.65. The van der Waals surface area contributed by atoms with Gasteiger partial charge in [0.25, 0.3) is 0 Å². The summed E-state index contributed by atoms with van der Waals surface area (Å²) < 4.78 is 11.5. The predicted molar refractivity (Wildman–Crippen MR) is 106 cm³/mol. The molecule has 0 amide bonds. The lowest BCUT2D eigenvalue weighted by atomic mass is 10.1. The van der Waals surface area contributed by atoms with Crippen LogP contribution in [0.1, 0.15) is 18.1 Å². The second-order valence-corrected chi connectivity index (χ2v) is 6.50. The van der Waals surface area contributed by atoms with Crippen molar-refractivity contribution in [3.05, 3.63) is 72.3 Å². The number of allylic oxidation sites excluding steroid dienone is 1. The third-order valence-corrected chi connectivity index (χ3v) is 3.99. The summed E-state index contributed by atoms with van der Waals surface area (Å²) in [7, 11) is 0. The molecule has 2 aromatic carbocycles. The van der Waals surface area contributed by atoms with Crippen molar-refractivity contribution < 1.29 is 14.6 Å². The lowest BCUT2D eigenvalue weighted by Crippen LogP contribution is -2.39. The summed E-state index contributed by atoms with van der Waals surface area (Å²) in [6, 6.07) is 15.9. The van der Waals surface area contributed by atoms with Crippen LogP contribution in [0.4, 0.5) is 0 Å². The maximum Gasteiger partial charge on any atom is 0.122 e. The summed E-state index contributed by atoms with van der Waals surface area (Å²) in [6.07, 6.45) is 2.00. The first-order chi connectivity index (χ1) is 12.6. The fourth-order valence-corrected chi connectivity index (χ4v) is 2.47. The molecule has 0 aliphatic heterocycles. The molecular formula is C22H29NO3. The van der Waals surface area contributed by atoms with Gasteiger partial charge in [-0.05, 0) is 44.0 Å². The monoisotopic (exact) mass is 355 g/mol. The van der Waals surface area contributed by atoms with Crippen LogP contribution in [0, 0.1) is 6.92 Å². The fourth-order valence-electron chi connectivity index (χ4n) is 2.47. The van der Waals surface area contributed by atoms with Gasteiger partial charge in [0.1, 0.15) is 30.8 Å². The number of para-hydroxylation sites is 1. The highest BCUT2D eigenvalue weighted by Gasteiger charge is 2.10. The first-order valence-corrected chi connectivity index (χ1v) is 9.01. The van der Waals surface area contributed by atoms with Gasteiger partial charge in [-0.3, -0.25) is 0 Å². The van der Waals surface area contributed by atoms with Crippen LogP contribution in [0.5, 0.6) is 11.5 Å². The Labute approximate surface area is 156 Å². The van der Waals surface area contributed by atoms with Gasteiger partial charge in [0.05, 0.1) is 0 Å². The second-order valence-electron chi connectivity index (χ2n) is 6.50. The zero-order chi connectivity index (χ0) is 18.8. The van der Waals surface area contributed by atoms with E-state index in [1.54, 1.807) is 0 Å². The number of hydrogen-bond acceptors (Lipinski definition) is 4. The summed E-state index contributed by atoms with van der Waals surface area (Å²) in [5, 5.41) is 13.4. The van der Waals surface area contributed by atoms with E-state index >= 15 is 0 Å². The molecule has 2 N–H and O–H groups in total. The lowest BCUT2D eigenvalue weighted by Gasteiger charge is -2.19. The van der Waals surface area contributed by atoms with E-state index in [0.717, 1.165) is 23.5 Å². The van der Waals surface area contributed by atoms with Crippen molar-refractivity contribution in [2.24, 2.45) is 0 Å². The van der Waals surface area contributed by atoms with Crippen LogP contribution in [0.25, 0.3) is 0 Å². The number of aryl methyl sites for hydroxylation is 1. The highest BCUT2D eigenvalue weighted by atomic mass is 16.5. The maximum absolute atomic E-state index is 10.1. The molecule has 0 aromatic heterocycles. The molecule has 4 nitrogen and oxygen atoms in total. The zero-order valence-electron chi connectivity index (χ0n) is 15.7. The molecule has 2 unspecified atom stereocenters. The SMILES string of the molecule is C=CCc1ccccc1OCC(O)CNC(C)COc1ccc(C)cc1. The Bertz CT molecular complexity index is 669. The number of aliphatic hydroxyl groups is 1. The third-order valence-electron chi connectivity index (χ3n) is 3.99. The Hall–Kier alpha value is -2.30. The molecule has 2 aromatic rings. The van der Waals surface area contributed by atoms with Crippen LogP contribution in [-0.2, 0) is 6.42 Å². The van der Waals surface area contributed by atoms with Crippen molar-refractivity contribution in [1.82, 2.24) is 5.32 Å². The van der Waals surface area contributed by atoms with E-state index in [4.69, 9.17) is 9.47 Å². The molecule has 2 atom stereocenters. The molecule has 0 aliphatic carbocycles. The number of benzene rings is 2. The van der Waals surface area contributed by atoms with Crippen molar-refractivity contribution in [3.8, 4) is 11.5 Å². The standard InChI is InChI=1S/C22H29NO3/c1-4-7-19-8-5-6-9-22(19)26-16-20(24)14-23-18(3)15-25-21-12-10-17(2)11-13-21/h4-6,8-13,18,20,23-24H,1,7,14-16H2,2-3H3. The fraction of sp³-hybridized carbons (Fsp3) is 0.364. The van der Waals surface area contributed by atoms with Gasteiger partial charge < -0.3 is 19.9 Å². The largest absolute Gasteiger partial charge is 0.492 e. The molecule has 26 heavy (non-hydrogen) atoms. The minimum Gasteiger partial charge on any atom is -0.492 e. The van der Waals surface area contributed by atoms with Gasteiger partial charge >= 0.3 is 0 Å². The first-order valence-electron chi connectivity index (χ1n) is 9.01. The molecule has 0 bridgehead atoms. The zero-order valence-corrected chi connectivity index (χ0v) is 15.7. The Morgan fingerprint density at radius 1 is 1.08 bits per heavy atom. The van der Waals surface area contributed by atoms with Gasteiger partial charge in [0, 0.05) is 12.6 Å². The molecule has 140 valence electrons. The number of aliphatic hydroxyl groups excluding tert-OH is 1. The first kappa shape index (κ1) is 20.0. The van der Waals surface area contributed by atoms with E-state index in [1.807, 2.05) is 68.5 Å². The Morgan fingerprint density at radius 2 is 1.81 bits per heavy atom. The number of nitrogens with one attached hydrogen (secondary N) is 1. The van der Waals surface area contributed by atoms with Gasteiger partial charge in [-0.25, -0.2) is 0 Å². The molecule has 0 saturated heterocycles. The van der Waals surface area contributed by atoms with Gasteiger partial charge in [-0.15, -0.1) is 6.58 Å². The van der Waals surface area contributed by atoms with Gasteiger partial charge in [-0.2, -0.15) is 0 Å². The van der Waals surface area contributed by atoms with E-state index in [2.05, 4.69) is 11.9 Å². The second kappa shape index (κ2) is 10.6. The average molecular weight is 355 g/mol. The van der Waals surface area contributed by atoms with Gasteiger partial charge in [0.15, 0.2) is 0 Å². The normalized spacial score (nSPS) is 13.0. The van der Waals surface area contributed by atoms with Crippen molar-refractivity contribution in [3.63, 3.8) is 0 Å². The van der Waals surface area contributed by atoms with E-state index in [-0.39, 0.29) is 12.6 Å². The third kappa shape index (κ3) is 6.90. The van der Waals surface area contributed by atoms with Crippen molar-refractivity contribution in [1.29, 1.82) is 0 Å². The highest BCUT2D eigenvalue weighted by Crippen LogP contribution is 2.18. The van der Waals surface area contributed by atoms with Crippen LogP contribution in [-0.4, -0.2) is 37.0 Å². The van der Waals surface area contributed by atoms with E-state index in [1.165, 1.54) is 5.56 Å². The molecule has 0 heterocycles. The molecule has 0 fully saturated rings. The van der Waals surface area contributed by atoms with Gasteiger partial charge in [-0.1, -0.05) is 42.0 Å². The Morgan fingerprint density at radius 3 is 2.54 bits per heavy atom. The maximum atomic E-state index is 10.1. The average Bonchev–Trinajstić information content (AvgIpc) is 2.65. The summed E-state index contributed by atoms with van der Waals surface area (Å²) in [4.78, 5) is 0. The molecule has 0 spiro atoms.